The maximum absolute atomic E-state index is 13.2. The maximum atomic E-state index is 13.2. The molecule has 4 amide bonds. The van der Waals surface area contributed by atoms with Crippen LogP contribution in [0.15, 0.2) is 18.3 Å². The fraction of sp³-hybridized carbons (Fsp3) is 0.583. The van der Waals surface area contributed by atoms with Crippen LogP contribution in [0, 0.1) is 11.3 Å². The van der Waals surface area contributed by atoms with E-state index in [9.17, 15) is 42.3 Å². The maximum Gasteiger partial charge on any atom is 0.435 e. The molecule has 1 fully saturated rings. The van der Waals surface area contributed by atoms with Crippen molar-refractivity contribution in [2.45, 2.75) is 64.7 Å². The predicted octanol–water partition coefficient (Wildman–Crippen LogP) is 0.922. The highest BCUT2D eigenvalue weighted by Gasteiger charge is 2.37. The van der Waals surface area contributed by atoms with Crippen LogP contribution in [-0.2, 0) is 30.1 Å². The van der Waals surface area contributed by atoms with Crippen LogP contribution in [-0.4, -0.2) is 64.7 Å². The fourth-order valence-corrected chi connectivity index (χ4v) is 3.95. The third-order valence-electron chi connectivity index (χ3n) is 5.75. The summed E-state index contributed by atoms with van der Waals surface area (Å²) in [4.78, 5) is 65.8. The summed E-state index contributed by atoms with van der Waals surface area (Å²) in [6.07, 6.45) is -2.94. The smallest absolute Gasteiger partial charge is 0.389 e. The summed E-state index contributed by atoms with van der Waals surface area (Å²) in [5.41, 5.74) is -2.71. The van der Waals surface area contributed by atoms with Crippen LogP contribution in [0.5, 0.6) is 0 Å². The van der Waals surface area contributed by atoms with Crippen molar-refractivity contribution >= 4 is 35.1 Å². The molecule has 1 aliphatic heterocycles. The summed E-state index contributed by atoms with van der Waals surface area (Å²) < 4.78 is 39.5. The zero-order valence-corrected chi connectivity index (χ0v) is 21.3. The van der Waals surface area contributed by atoms with Gasteiger partial charge in [-0.25, -0.2) is 4.98 Å². The van der Waals surface area contributed by atoms with Gasteiger partial charge in [-0.05, 0) is 43.2 Å². The van der Waals surface area contributed by atoms with E-state index in [0.29, 0.717) is 19.4 Å². The number of pyridine rings is 1. The third kappa shape index (κ3) is 9.08. The van der Waals surface area contributed by atoms with Gasteiger partial charge in [0.25, 0.3) is 0 Å². The number of Topliss-reactive ketones (excluding diaryl/α,β-unsaturated/α-hetero) is 1. The van der Waals surface area contributed by atoms with Crippen LogP contribution >= 0.6 is 0 Å². The molecule has 11 nitrogen and oxygen atoms in total. The molecule has 5 N–H and O–H groups in total. The highest BCUT2D eigenvalue weighted by molar-refractivity contribution is 6.40. The number of carbonyl (C=O) groups excluding carboxylic acids is 5. The molecule has 0 aromatic carbocycles. The lowest BCUT2D eigenvalue weighted by Crippen LogP contribution is -2.55. The highest BCUT2D eigenvalue weighted by Crippen LogP contribution is 2.32. The molecule has 0 radical (unpaired) electrons. The number of halogens is 3. The highest BCUT2D eigenvalue weighted by atomic mass is 19.4. The minimum Gasteiger partial charge on any atom is -0.389 e. The molecular weight excluding hydrogens is 511 g/mol. The van der Waals surface area contributed by atoms with E-state index in [-0.39, 0.29) is 18.7 Å². The number of hydrogen-bond donors (Lipinski definition) is 5. The number of carbonyl (C=O) groups is 5. The Morgan fingerprint density at radius 3 is 2.39 bits per heavy atom. The molecule has 1 aromatic heterocycles. The van der Waals surface area contributed by atoms with Crippen molar-refractivity contribution in [2.75, 3.05) is 18.5 Å². The second-order valence-electron chi connectivity index (χ2n) is 10.2. The van der Waals surface area contributed by atoms with Gasteiger partial charge in [0.05, 0.1) is 11.7 Å². The Hall–Kier alpha value is -3.55. The van der Waals surface area contributed by atoms with Crippen molar-refractivity contribution in [3.8, 4) is 0 Å². The van der Waals surface area contributed by atoms with Crippen LogP contribution in [0.1, 0.15) is 52.1 Å². The van der Waals surface area contributed by atoms with Gasteiger partial charge in [-0.1, -0.05) is 20.8 Å². The van der Waals surface area contributed by atoms with E-state index in [4.69, 9.17) is 0 Å². The largest absolute Gasteiger partial charge is 0.435 e. The summed E-state index contributed by atoms with van der Waals surface area (Å²) >= 11 is 0. The SMILES string of the molecule is CC(C)(C)C[C@H](NC(=O)C(=O)Nc1cccnc1C(F)(F)F)C(=O)NC(CC1CCCNC1=O)C(=O)CO. The average Bonchev–Trinajstić information content (AvgIpc) is 2.82. The number of aromatic nitrogens is 1. The lowest BCUT2D eigenvalue weighted by atomic mass is 9.87. The summed E-state index contributed by atoms with van der Waals surface area (Å²) in [6, 6.07) is -0.534. The number of aliphatic hydroxyl groups excluding tert-OH is 1. The van der Waals surface area contributed by atoms with Gasteiger partial charge in [0.1, 0.15) is 12.6 Å². The Morgan fingerprint density at radius 1 is 1.13 bits per heavy atom. The van der Waals surface area contributed by atoms with Gasteiger partial charge in [-0.3, -0.25) is 24.0 Å². The van der Waals surface area contributed by atoms with Crippen molar-refractivity contribution in [3.63, 3.8) is 0 Å². The molecule has 1 aliphatic rings. The van der Waals surface area contributed by atoms with Crippen LogP contribution in [0.3, 0.4) is 0 Å². The molecule has 38 heavy (non-hydrogen) atoms. The van der Waals surface area contributed by atoms with E-state index in [1.807, 2.05) is 5.32 Å². The molecule has 0 saturated carbocycles. The molecule has 0 aliphatic carbocycles. The Balaban J connectivity index is 2.18. The monoisotopic (exact) mass is 543 g/mol. The van der Waals surface area contributed by atoms with Crippen molar-refractivity contribution < 1.29 is 42.3 Å². The minimum absolute atomic E-state index is 0.0114. The Kier molecular flexibility index (Phi) is 10.3. The van der Waals surface area contributed by atoms with Crippen molar-refractivity contribution in [3.05, 3.63) is 24.0 Å². The van der Waals surface area contributed by atoms with Crippen molar-refractivity contribution in [1.82, 2.24) is 20.9 Å². The summed E-state index contributed by atoms with van der Waals surface area (Å²) in [5, 5.41) is 18.5. The molecular formula is C24H32F3N5O6. The first-order chi connectivity index (χ1) is 17.6. The van der Waals surface area contributed by atoms with E-state index in [2.05, 4.69) is 20.9 Å². The number of hydrogen-bond acceptors (Lipinski definition) is 7. The first kappa shape index (κ1) is 30.7. The Bertz CT molecular complexity index is 1060. The van der Waals surface area contributed by atoms with Gasteiger partial charge in [0.2, 0.25) is 11.8 Å². The molecule has 210 valence electrons. The Labute approximate surface area is 217 Å². The fourth-order valence-electron chi connectivity index (χ4n) is 3.95. The van der Waals surface area contributed by atoms with E-state index < -0.39 is 71.1 Å². The second kappa shape index (κ2) is 12.8. The summed E-state index contributed by atoms with van der Waals surface area (Å²) in [6.45, 7) is 4.82. The second-order valence-corrected chi connectivity index (χ2v) is 10.2. The number of piperidine rings is 1. The molecule has 0 bridgehead atoms. The number of nitrogens with one attached hydrogen (secondary N) is 4. The van der Waals surface area contributed by atoms with Gasteiger partial charge >= 0.3 is 18.0 Å². The minimum atomic E-state index is -4.89. The van der Waals surface area contributed by atoms with E-state index in [1.165, 1.54) is 0 Å². The number of alkyl halides is 3. The van der Waals surface area contributed by atoms with Crippen LogP contribution in [0.25, 0.3) is 0 Å². The number of rotatable bonds is 9. The van der Waals surface area contributed by atoms with E-state index >= 15 is 0 Å². The molecule has 1 saturated heterocycles. The Morgan fingerprint density at radius 2 is 1.82 bits per heavy atom. The number of amides is 4. The zero-order chi connectivity index (χ0) is 28.7. The lowest BCUT2D eigenvalue weighted by Gasteiger charge is -2.29. The molecule has 0 spiro atoms. The molecule has 14 heteroatoms. The molecule has 1 aromatic rings. The molecule has 3 atom stereocenters. The number of anilines is 1. The first-order valence-electron chi connectivity index (χ1n) is 12.0. The van der Waals surface area contributed by atoms with Crippen molar-refractivity contribution in [1.29, 1.82) is 0 Å². The van der Waals surface area contributed by atoms with Gasteiger partial charge in [-0.15, -0.1) is 0 Å². The van der Waals surface area contributed by atoms with Crippen molar-refractivity contribution in [2.24, 2.45) is 11.3 Å². The summed E-state index contributed by atoms with van der Waals surface area (Å²) in [7, 11) is 0. The van der Waals surface area contributed by atoms with E-state index in [1.54, 1.807) is 20.8 Å². The van der Waals surface area contributed by atoms with Gasteiger partial charge < -0.3 is 26.4 Å². The normalized spacial score (nSPS) is 17.6. The third-order valence-corrected chi connectivity index (χ3v) is 5.75. The van der Waals surface area contributed by atoms with E-state index in [0.717, 1.165) is 18.3 Å². The van der Waals surface area contributed by atoms with Gasteiger partial charge in [-0.2, -0.15) is 13.2 Å². The topological polar surface area (TPSA) is 167 Å². The molecule has 2 unspecified atom stereocenters. The number of aliphatic hydroxyl groups is 1. The number of ketones is 1. The van der Waals surface area contributed by atoms with Gasteiger partial charge in [0, 0.05) is 18.7 Å². The first-order valence-corrected chi connectivity index (χ1v) is 12.0. The molecule has 2 heterocycles. The predicted molar refractivity (Wildman–Crippen MR) is 128 cm³/mol. The summed E-state index contributed by atoms with van der Waals surface area (Å²) in [5.74, 6) is -5.31. The average molecular weight is 544 g/mol. The van der Waals surface area contributed by atoms with Crippen LogP contribution in [0.4, 0.5) is 18.9 Å². The van der Waals surface area contributed by atoms with Crippen LogP contribution < -0.4 is 21.3 Å². The standard InChI is InChI=1S/C24H32F3N5O6/c1-23(2,3)11-16(20(36)31-15(17(34)12-33)10-13-6-4-9-29-19(13)35)32-22(38)21(37)30-14-7-5-8-28-18(14)24(25,26)27/h5,7-8,13,15-16,33H,4,6,9-12H2,1-3H3,(H,29,35)(H,30,37)(H,31,36)(H,32,38)/t13?,15?,16-/m0/s1. The number of nitrogens with zero attached hydrogens (tertiary/aromatic N) is 1. The van der Waals surface area contributed by atoms with Gasteiger partial charge in [0.15, 0.2) is 11.5 Å². The van der Waals surface area contributed by atoms with Crippen LogP contribution in [0.2, 0.25) is 0 Å². The molecule has 2 rings (SSSR count). The quantitative estimate of drug-likeness (QED) is 0.289. The lowest BCUT2D eigenvalue weighted by molar-refractivity contribution is -0.141. The zero-order valence-electron chi connectivity index (χ0n) is 21.3.